The van der Waals surface area contributed by atoms with E-state index < -0.39 is 17.0 Å². The maximum absolute atomic E-state index is 12.3. The molecule has 3 rings (SSSR count). The standard InChI is InChI=1S/C21H17NO6/c1-13(23)15-6-8-16(9-7-15)19-10-11-20(28-19)21(24)27-14(2)17-4-3-5-18(12-17)22(25)26/h3-12,14H,1-2H3/t14-/m1/s1. The van der Waals surface area contributed by atoms with Gasteiger partial charge in [-0.05, 0) is 31.5 Å². The Morgan fingerprint density at radius 2 is 1.79 bits per heavy atom. The third-order valence-corrected chi connectivity index (χ3v) is 4.22. The topological polar surface area (TPSA) is 99.7 Å². The molecule has 7 nitrogen and oxygen atoms in total. The van der Waals surface area contributed by atoms with Crippen molar-refractivity contribution in [2.75, 3.05) is 0 Å². The van der Waals surface area contributed by atoms with Crippen molar-refractivity contribution < 1.29 is 23.7 Å². The van der Waals surface area contributed by atoms with Gasteiger partial charge in [0.25, 0.3) is 5.69 Å². The van der Waals surface area contributed by atoms with E-state index in [4.69, 9.17) is 9.15 Å². The number of benzene rings is 2. The van der Waals surface area contributed by atoms with Crippen molar-refractivity contribution in [1.29, 1.82) is 0 Å². The van der Waals surface area contributed by atoms with E-state index in [-0.39, 0.29) is 17.2 Å². The summed E-state index contributed by atoms with van der Waals surface area (Å²) >= 11 is 0. The number of nitro benzene ring substituents is 1. The van der Waals surface area contributed by atoms with Crippen molar-refractivity contribution in [3.63, 3.8) is 0 Å². The number of furan rings is 1. The molecule has 0 saturated carbocycles. The SMILES string of the molecule is CC(=O)c1ccc(-c2ccc(C(=O)O[C@H](C)c3cccc([N+](=O)[O-])c3)o2)cc1. The smallest absolute Gasteiger partial charge is 0.374 e. The van der Waals surface area contributed by atoms with Crippen LogP contribution in [0, 0.1) is 10.1 Å². The van der Waals surface area contributed by atoms with E-state index in [0.29, 0.717) is 16.9 Å². The second-order valence-electron chi connectivity index (χ2n) is 6.20. The Labute approximate surface area is 160 Å². The van der Waals surface area contributed by atoms with E-state index in [2.05, 4.69) is 0 Å². The van der Waals surface area contributed by atoms with E-state index in [1.807, 2.05) is 0 Å². The van der Waals surface area contributed by atoms with Crippen LogP contribution in [0.3, 0.4) is 0 Å². The molecule has 3 aromatic rings. The Balaban J connectivity index is 1.72. The molecule has 2 aromatic carbocycles. The van der Waals surface area contributed by atoms with Gasteiger partial charge in [-0.25, -0.2) is 4.79 Å². The minimum Gasteiger partial charge on any atom is -0.452 e. The third-order valence-electron chi connectivity index (χ3n) is 4.22. The molecule has 0 saturated heterocycles. The molecule has 7 heteroatoms. The first-order chi connectivity index (χ1) is 13.3. The summed E-state index contributed by atoms with van der Waals surface area (Å²) in [6, 6.07) is 15.9. The molecule has 0 radical (unpaired) electrons. The molecule has 1 aromatic heterocycles. The second kappa shape index (κ2) is 7.87. The maximum atomic E-state index is 12.3. The number of hydrogen-bond acceptors (Lipinski definition) is 6. The van der Waals surface area contributed by atoms with Gasteiger partial charge in [-0.15, -0.1) is 0 Å². The minimum absolute atomic E-state index is 0.0166. The largest absolute Gasteiger partial charge is 0.452 e. The van der Waals surface area contributed by atoms with Crippen molar-refractivity contribution >= 4 is 17.4 Å². The number of esters is 1. The van der Waals surface area contributed by atoms with Crippen LogP contribution in [-0.2, 0) is 4.74 Å². The molecule has 1 heterocycles. The van der Waals surface area contributed by atoms with Gasteiger partial charge in [-0.2, -0.15) is 0 Å². The average Bonchev–Trinajstić information content (AvgIpc) is 3.18. The number of carbonyl (C=O) groups is 2. The molecule has 0 aliphatic carbocycles. The van der Waals surface area contributed by atoms with Crippen LogP contribution in [0.15, 0.2) is 65.1 Å². The van der Waals surface area contributed by atoms with Gasteiger partial charge in [0.05, 0.1) is 4.92 Å². The number of nitrogens with zero attached hydrogens (tertiary/aromatic N) is 1. The zero-order chi connectivity index (χ0) is 20.3. The van der Waals surface area contributed by atoms with Crippen molar-refractivity contribution in [2.24, 2.45) is 0 Å². The zero-order valence-corrected chi connectivity index (χ0v) is 15.2. The van der Waals surface area contributed by atoms with Crippen LogP contribution < -0.4 is 0 Å². The summed E-state index contributed by atoms with van der Waals surface area (Å²) in [5.74, 6) is -0.232. The Morgan fingerprint density at radius 1 is 1.07 bits per heavy atom. The lowest BCUT2D eigenvalue weighted by Crippen LogP contribution is -2.08. The predicted molar refractivity (Wildman–Crippen MR) is 101 cm³/mol. The number of non-ortho nitro benzene ring substituents is 1. The fourth-order valence-electron chi connectivity index (χ4n) is 2.65. The molecule has 142 valence electrons. The highest BCUT2D eigenvalue weighted by Crippen LogP contribution is 2.26. The highest BCUT2D eigenvalue weighted by molar-refractivity contribution is 5.94. The molecule has 0 unspecified atom stereocenters. The quantitative estimate of drug-likeness (QED) is 0.259. The van der Waals surface area contributed by atoms with Crippen molar-refractivity contribution in [3.05, 3.63) is 87.7 Å². The Bertz CT molecular complexity index is 1040. The van der Waals surface area contributed by atoms with Crippen molar-refractivity contribution in [2.45, 2.75) is 20.0 Å². The van der Waals surface area contributed by atoms with E-state index in [9.17, 15) is 19.7 Å². The Kier molecular flexibility index (Phi) is 5.35. The second-order valence-corrected chi connectivity index (χ2v) is 6.20. The molecule has 0 spiro atoms. The number of rotatable bonds is 6. The highest BCUT2D eigenvalue weighted by atomic mass is 16.6. The lowest BCUT2D eigenvalue weighted by atomic mass is 10.1. The number of ether oxygens (including phenoxy) is 1. The number of hydrogen-bond donors (Lipinski definition) is 0. The number of carbonyl (C=O) groups excluding carboxylic acids is 2. The number of nitro groups is 1. The average molecular weight is 379 g/mol. The summed E-state index contributed by atoms with van der Waals surface area (Å²) in [6.45, 7) is 3.11. The van der Waals surface area contributed by atoms with Gasteiger partial charge in [0.15, 0.2) is 5.78 Å². The highest BCUT2D eigenvalue weighted by Gasteiger charge is 2.19. The zero-order valence-electron chi connectivity index (χ0n) is 15.2. The first-order valence-electron chi connectivity index (χ1n) is 8.51. The van der Waals surface area contributed by atoms with E-state index in [1.165, 1.54) is 31.2 Å². The van der Waals surface area contributed by atoms with Crippen LogP contribution >= 0.6 is 0 Å². The van der Waals surface area contributed by atoms with Gasteiger partial charge in [0.1, 0.15) is 11.9 Å². The summed E-state index contributed by atoms with van der Waals surface area (Å²) in [6.07, 6.45) is -0.684. The minimum atomic E-state index is -0.684. The van der Waals surface area contributed by atoms with Crippen LogP contribution in [0.2, 0.25) is 0 Å². The van der Waals surface area contributed by atoms with Gasteiger partial charge < -0.3 is 9.15 Å². The lowest BCUT2D eigenvalue weighted by Gasteiger charge is -2.12. The molecule has 1 atom stereocenters. The fraction of sp³-hybridized carbons (Fsp3) is 0.143. The van der Waals surface area contributed by atoms with Crippen molar-refractivity contribution in [1.82, 2.24) is 0 Å². The van der Waals surface area contributed by atoms with Crippen molar-refractivity contribution in [3.8, 4) is 11.3 Å². The molecule has 0 N–H and O–H groups in total. The predicted octanol–water partition coefficient (Wildman–Crippen LogP) is 4.98. The summed E-state index contributed by atoms with van der Waals surface area (Å²) < 4.78 is 10.9. The van der Waals surface area contributed by atoms with Gasteiger partial charge in [0, 0.05) is 23.3 Å². The molecule has 0 bridgehead atoms. The van der Waals surface area contributed by atoms with Gasteiger partial charge in [-0.3, -0.25) is 14.9 Å². The number of ketones is 1. The first kappa shape index (κ1) is 19.0. The summed E-state index contributed by atoms with van der Waals surface area (Å²) in [5, 5.41) is 10.9. The fourth-order valence-corrected chi connectivity index (χ4v) is 2.65. The maximum Gasteiger partial charge on any atom is 0.374 e. The van der Waals surface area contributed by atoms with Crippen LogP contribution in [0.4, 0.5) is 5.69 Å². The Morgan fingerprint density at radius 3 is 2.43 bits per heavy atom. The Hall–Kier alpha value is -3.74. The van der Waals surface area contributed by atoms with E-state index in [0.717, 1.165) is 5.56 Å². The van der Waals surface area contributed by atoms with Crippen LogP contribution in [0.5, 0.6) is 0 Å². The van der Waals surface area contributed by atoms with Gasteiger partial charge in [0.2, 0.25) is 5.76 Å². The van der Waals surface area contributed by atoms with Crippen LogP contribution in [0.1, 0.15) is 46.4 Å². The summed E-state index contributed by atoms with van der Waals surface area (Å²) in [7, 11) is 0. The van der Waals surface area contributed by atoms with E-state index >= 15 is 0 Å². The molecule has 0 aliphatic heterocycles. The molecule has 28 heavy (non-hydrogen) atoms. The number of Topliss-reactive ketones (excluding diaryl/α,β-unsaturated/α-hetero) is 1. The third kappa shape index (κ3) is 4.15. The van der Waals surface area contributed by atoms with E-state index in [1.54, 1.807) is 43.3 Å². The molecule has 0 fully saturated rings. The summed E-state index contributed by atoms with van der Waals surface area (Å²) in [4.78, 5) is 34.1. The molecular formula is C21H17NO6. The normalized spacial score (nSPS) is 11.6. The van der Waals surface area contributed by atoms with Crippen LogP contribution in [0.25, 0.3) is 11.3 Å². The van der Waals surface area contributed by atoms with Gasteiger partial charge in [-0.1, -0.05) is 36.4 Å². The lowest BCUT2D eigenvalue weighted by molar-refractivity contribution is -0.385. The van der Waals surface area contributed by atoms with Crippen LogP contribution in [-0.4, -0.2) is 16.7 Å². The first-order valence-corrected chi connectivity index (χ1v) is 8.51. The summed E-state index contributed by atoms with van der Waals surface area (Å²) in [5.41, 5.74) is 1.74. The molecule has 0 amide bonds. The monoisotopic (exact) mass is 379 g/mol. The van der Waals surface area contributed by atoms with Gasteiger partial charge >= 0.3 is 5.97 Å². The molecular weight excluding hydrogens is 362 g/mol. The molecule has 0 aliphatic rings.